The molecule has 27 heavy (non-hydrogen) atoms. The SMILES string of the molecule is Cc1oncc1C(=O)N1CCCC(c2nc(Oc3cccc(F)c3)no2)C1. The lowest BCUT2D eigenvalue weighted by atomic mass is 9.97. The highest BCUT2D eigenvalue weighted by atomic mass is 19.1. The van der Waals surface area contributed by atoms with Gasteiger partial charge in [0.25, 0.3) is 5.91 Å². The average Bonchev–Trinajstić information content (AvgIpc) is 3.30. The van der Waals surface area contributed by atoms with Gasteiger partial charge in [0, 0.05) is 19.2 Å². The molecule has 0 radical (unpaired) electrons. The molecular formula is C18H17FN4O4. The molecule has 1 fully saturated rings. The number of rotatable bonds is 4. The zero-order valence-electron chi connectivity index (χ0n) is 14.6. The van der Waals surface area contributed by atoms with Crippen molar-refractivity contribution in [2.45, 2.75) is 25.7 Å². The van der Waals surface area contributed by atoms with Gasteiger partial charge in [0.05, 0.1) is 12.1 Å². The van der Waals surface area contributed by atoms with Gasteiger partial charge in [-0.3, -0.25) is 4.79 Å². The van der Waals surface area contributed by atoms with Crippen LogP contribution in [0.3, 0.4) is 0 Å². The molecule has 0 N–H and O–H groups in total. The van der Waals surface area contributed by atoms with Crippen molar-refractivity contribution < 1.29 is 23.0 Å². The first-order valence-corrected chi connectivity index (χ1v) is 8.58. The Morgan fingerprint density at radius 2 is 2.26 bits per heavy atom. The van der Waals surface area contributed by atoms with Crippen LogP contribution in [0.25, 0.3) is 0 Å². The van der Waals surface area contributed by atoms with Crippen LogP contribution < -0.4 is 4.74 Å². The smallest absolute Gasteiger partial charge is 0.359 e. The summed E-state index contributed by atoms with van der Waals surface area (Å²) in [4.78, 5) is 18.6. The first-order chi connectivity index (χ1) is 13.1. The van der Waals surface area contributed by atoms with Crippen LogP contribution in [0, 0.1) is 12.7 Å². The fraction of sp³-hybridized carbons (Fsp3) is 0.333. The summed E-state index contributed by atoms with van der Waals surface area (Å²) in [6, 6.07) is 5.69. The molecule has 3 heterocycles. The van der Waals surface area contributed by atoms with Crippen LogP contribution in [0.2, 0.25) is 0 Å². The maximum Gasteiger partial charge on any atom is 0.359 e. The number of carbonyl (C=O) groups excluding carboxylic acids is 1. The molecule has 1 aliphatic rings. The van der Waals surface area contributed by atoms with Crippen molar-refractivity contribution in [2.24, 2.45) is 0 Å². The Hall–Kier alpha value is -3.23. The lowest BCUT2D eigenvalue weighted by Gasteiger charge is -2.30. The number of ether oxygens (including phenoxy) is 1. The predicted molar refractivity (Wildman–Crippen MR) is 89.9 cm³/mol. The first-order valence-electron chi connectivity index (χ1n) is 8.58. The fourth-order valence-corrected chi connectivity index (χ4v) is 3.10. The van der Waals surface area contributed by atoms with Crippen molar-refractivity contribution in [3.8, 4) is 11.8 Å². The molecule has 1 unspecified atom stereocenters. The van der Waals surface area contributed by atoms with Crippen LogP contribution in [0.15, 0.2) is 39.5 Å². The van der Waals surface area contributed by atoms with Crippen LogP contribution in [0.1, 0.15) is 40.8 Å². The highest BCUT2D eigenvalue weighted by molar-refractivity contribution is 5.94. The zero-order valence-corrected chi connectivity index (χ0v) is 14.6. The molecule has 1 atom stereocenters. The fourth-order valence-electron chi connectivity index (χ4n) is 3.10. The third-order valence-electron chi connectivity index (χ3n) is 4.47. The molecule has 9 heteroatoms. The maximum absolute atomic E-state index is 13.2. The molecule has 2 aromatic heterocycles. The summed E-state index contributed by atoms with van der Waals surface area (Å²) < 4.78 is 28.9. The number of nitrogens with zero attached hydrogens (tertiary/aromatic N) is 4. The normalized spacial score (nSPS) is 17.1. The Morgan fingerprint density at radius 3 is 3.04 bits per heavy atom. The minimum Gasteiger partial charge on any atom is -0.422 e. The Kier molecular flexibility index (Phi) is 4.57. The second-order valence-electron chi connectivity index (χ2n) is 6.36. The number of carbonyl (C=O) groups is 1. The lowest BCUT2D eigenvalue weighted by molar-refractivity contribution is 0.0694. The van der Waals surface area contributed by atoms with E-state index in [-0.39, 0.29) is 23.6 Å². The van der Waals surface area contributed by atoms with E-state index in [2.05, 4.69) is 15.3 Å². The Bertz CT molecular complexity index is 954. The second kappa shape index (κ2) is 7.18. The molecule has 3 aromatic rings. The number of benzene rings is 1. The topological polar surface area (TPSA) is 94.5 Å². The Balaban J connectivity index is 1.45. The third kappa shape index (κ3) is 3.67. The minimum absolute atomic E-state index is 0.00827. The van der Waals surface area contributed by atoms with Crippen LogP contribution in [0.5, 0.6) is 11.8 Å². The molecule has 1 aliphatic heterocycles. The van der Waals surface area contributed by atoms with Crippen molar-refractivity contribution in [3.63, 3.8) is 0 Å². The number of hydrogen-bond acceptors (Lipinski definition) is 7. The summed E-state index contributed by atoms with van der Waals surface area (Å²) in [5.74, 6) is 0.522. The van der Waals surface area contributed by atoms with Gasteiger partial charge >= 0.3 is 6.01 Å². The van der Waals surface area contributed by atoms with Gasteiger partial charge in [0.1, 0.15) is 22.9 Å². The van der Waals surface area contributed by atoms with Crippen molar-refractivity contribution >= 4 is 5.91 Å². The van der Waals surface area contributed by atoms with Crippen LogP contribution in [-0.4, -0.2) is 39.2 Å². The van der Waals surface area contributed by atoms with Crippen LogP contribution in [0.4, 0.5) is 4.39 Å². The van der Waals surface area contributed by atoms with Crippen molar-refractivity contribution in [1.29, 1.82) is 0 Å². The zero-order chi connectivity index (χ0) is 18.8. The molecular weight excluding hydrogens is 355 g/mol. The number of halogens is 1. The van der Waals surface area contributed by atoms with Crippen molar-refractivity contribution in [1.82, 2.24) is 20.2 Å². The number of aromatic nitrogens is 3. The van der Waals surface area contributed by atoms with Gasteiger partial charge in [-0.25, -0.2) is 4.39 Å². The van der Waals surface area contributed by atoms with Gasteiger partial charge in [0.15, 0.2) is 0 Å². The molecule has 4 rings (SSSR count). The summed E-state index contributed by atoms with van der Waals surface area (Å²) in [5, 5.41) is 7.45. The summed E-state index contributed by atoms with van der Waals surface area (Å²) in [5.41, 5.74) is 0.455. The molecule has 1 aromatic carbocycles. The number of amides is 1. The van der Waals surface area contributed by atoms with E-state index in [0.29, 0.717) is 30.3 Å². The van der Waals surface area contributed by atoms with E-state index in [1.807, 2.05) is 0 Å². The molecule has 0 aliphatic carbocycles. The molecule has 140 valence electrons. The minimum atomic E-state index is -0.415. The maximum atomic E-state index is 13.2. The van der Waals surface area contributed by atoms with Crippen molar-refractivity contribution in [3.05, 3.63) is 53.5 Å². The van der Waals surface area contributed by atoms with E-state index in [9.17, 15) is 9.18 Å². The van der Waals surface area contributed by atoms with E-state index in [1.54, 1.807) is 17.9 Å². The molecule has 0 bridgehead atoms. The second-order valence-corrected chi connectivity index (χ2v) is 6.36. The largest absolute Gasteiger partial charge is 0.422 e. The average molecular weight is 372 g/mol. The number of piperidine rings is 1. The quantitative estimate of drug-likeness (QED) is 0.693. The highest BCUT2D eigenvalue weighted by Gasteiger charge is 2.30. The van der Waals surface area contributed by atoms with Crippen LogP contribution in [-0.2, 0) is 0 Å². The van der Waals surface area contributed by atoms with Crippen LogP contribution >= 0.6 is 0 Å². The predicted octanol–water partition coefficient (Wildman–Crippen LogP) is 3.32. The summed E-state index contributed by atoms with van der Waals surface area (Å²) >= 11 is 0. The number of hydrogen-bond donors (Lipinski definition) is 0. The molecule has 0 spiro atoms. The first kappa shape index (κ1) is 17.2. The van der Waals surface area contributed by atoms with Gasteiger partial charge in [-0.05, 0) is 37.1 Å². The van der Waals surface area contributed by atoms with Gasteiger partial charge in [0.2, 0.25) is 5.89 Å². The summed E-state index contributed by atoms with van der Waals surface area (Å²) in [7, 11) is 0. The highest BCUT2D eigenvalue weighted by Crippen LogP contribution is 2.29. The summed E-state index contributed by atoms with van der Waals surface area (Å²) in [6.45, 7) is 2.79. The van der Waals surface area contributed by atoms with E-state index < -0.39 is 5.82 Å². The third-order valence-corrected chi connectivity index (χ3v) is 4.47. The molecule has 0 saturated carbocycles. The van der Waals surface area contributed by atoms with E-state index in [4.69, 9.17) is 13.8 Å². The van der Waals surface area contributed by atoms with Gasteiger partial charge in [-0.1, -0.05) is 11.2 Å². The molecule has 8 nitrogen and oxygen atoms in total. The van der Waals surface area contributed by atoms with Gasteiger partial charge in [-0.2, -0.15) is 4.98 Å². The molecule has 1 saturated heterocycles. The van der Waals surface area contributed by atoms with E-state index in [0.717, 1.165) is 12.8 Å². The number of aryl methyl sites for hydroxylation is 1. The van der Waals surface area contributed by atoms with Gasteiger partial charge in [-0.15, -0.1) is 0 Å². The van der Waals surface area contributed by atoms with E-state index >= 15 is 0 Å². The lowest BCUT2D eigenvalue weighted by Crippen LogP contribution is -2.39. The number of likely N-dealkylation sites (tertiary alicyclic amines) is 1. The standard InChI is InChI=1S/C18H17FN4O4/c1-11-15(9-20-26-11)17(24)23-7-3-4-12(10-23)16-21-18(22-27-16)25-14-6-2-5-13(19)8-14/h2,5-6,8-9,12H,3-4,7,10H2,1H3. The monoisotopic (exact) mass is 372 g/mol. The Morgan fingerprint density at radius 1 is 1.37 bits per heavy atom. The Labute approximate surface area is 153 Å². The van der Waals surface area contributed by atoms with E-state index in [1.165, 1.54) is 24.4 Å². The van der Waals surface area contributed by atoms with Gasteiger partial charge < -0.3 is 18.7 Å². The molecule has 1 amide bonds. The summed E-state index contributed by atoms with van der Waals surface area (Å²) in [6.07, 6.45) is 3.05. The van der Waals surface area contributed by atoms with Crippen molar-refractivity contribution in [2.75, 3.05) is 13.1 Å².